The molecule has 2 aromatic rings. The normalized spacial score (nSPS) is 12.9. The Labute approximate surface area is 174 Å². The van der Waals surface area contributed by atoms with Gasteiger partial charge in [-0.05, 0) is 37.6 Å². The molecule has 0 unspecified atom stereocenters. The molecule has 2 amide bonds. The van der Waals surface area contributed by atoms with Crippen molar-refractivity contribution >= 4 is 35.0 Å². The highest BCUT2D eigenvalue weighted by molar-refractivity contribution is 7.98. The second-order valence-electron chi connectivity index (χ2n) is 6.68. The first kappa shape index (κ1) is 21.0. The molecule has 154 valence electrons. The molecule has 3 rings (SSSR count). The molecular weight excluding hydrogens is 390 g/mol. The quantitative estimate of drug-likeness (QED) is 0.677. The molecule has 0 radical (unpaired) electrons. The summed E-state index contributed by atoms with van der Waals surface area (Å²) in [6, 6.07) is 12.9. The third-order valence-corrected chi connectivity index (χ3v) is 5.04. The van der Waals surface area contributed by atoms with Crippen LogP contribution >= 0.6 is 11.8 Å². The molecular formula is C21H25N3O4S. The fraction of sp³-hybridized carbons (Fsp3) is 0.333. The lowest BCUT2D eigenvalue weighted by Crippen LogP contribution is -2.36. The van der Waals surface area contributed by atoms with Gasteiger partial charge in [0.1, 0.15) is 0 Å². The van der Waals surface area contributed by atoms with Crippen LogP contribution in [0.2, 0.25) is 0 Å². The molecule has 8 heteroatoms. The van der Waals surface area contributed by atoms with E-state index in [-0.39, 0.29) is 24.9 Å². The number of likely N-dealkylation sites (N-methyl/N-ethyl adjacent to an activating group) is 1. The number of ether oxygens (including phenoxy) is 2. The van der Waals surface area contributed by atoms with Crippen molar-refractivity contribution in [3.63, 3.8) is 0 Å². The van der Waals surface area contributed by atoms with Crippen LogP contribution < -0.4 is 20.1 Å². The number of thioether (sulfide) groups is 1. The molecule has 1 aliphatic rings. The summed E-state index contributed by atoms with van der Waals surface area (Å²) in [5, 5.41) is 5.73. The van der Waals surface area contributed by atoms with Gasteiger partial charge in [-0.15, -0.1) is 11.8 Å². The van der Waals surface area contributed by atoms with Gasteiger partial charge in [0, 0.05) is 23.1 Å². The van der Waals surface area contributed by atoms with Gasteiger partial charge in [-0.2, -0.15) is 0 Å². The van der Waals surface area contributed by atoms with Gasteiger partial charge in [-0.3, -0.25) is 14.5 Å². The highest BCUT2D eigenvalue weighted by atomic mass is 32.2. The number of benzene rings is 2. The molecule has 0 bridgehead atoms. The Bertz CT molecular complexity index is 875. The number of carbonyl (C=O) groups is 2. The molecule has 1 aliphatic heterocycles. The maximum atomic E-state index is 12.3. The summed E-state index contributed by atoms with van der Waals surface area (Å²) < 4.78 is 11.2. The number of hydrogen-bond acceptors (Lipinski definition) is 6. The lowest BCUT2D eigenvalue weighted by molar-refractivity contribution is -0.119. The molecule has 0 atom stereocenters. The van der Waals surface area contributed by atoms with Crippen molar-refractivity contribution in [1.82, 2.24) is 4.90 Å². The Morgan fingerprint density at radius 2 is 1.69 bits per heavy atom. The summed E-state index contributed by atoms with van der Waals surface area (Å²) >= 11 is 1.57. The van der Waals surface area contributed by atoms with Crippen LogP contribution in [0.25, 0.3) is 0 Å². The van der Waals surface area contributed by atoms with E-state index in [9.17, 15) is 9.59 Å². The first-order valence-electron chi connectivity index (χ1n) is 9.36. The van der Waals surface area contributed by atoms with Crippen LogP contribution in [0.4, 0.5) is 11.4 Å². The number of rotatable bonds is 7. The third kappa shape index (κ3) is 6.13. The Hall–Kier alpha value is -2.71. The van der Waals surface area contributed by atoms with E-state index < -0.39 is 0 Å². The first-order valence-corrected chi connectivity index (χ1v) is 10.6. The van der Waals surface area contributed by atoms with E-state index in [0.717, 1.165) is 17.0 Å². The van der Waals surface area contributed by atoms with Crippen LogP contribution in [0.1, 0.15) is 6.42 Å². The first-order chi connectivity index (χ1) is 14.0. The van der Waals surface area contributed by atoms with Gasteiger partial charge in [0.15, 0.2) is 11.5 Å². The number of para-hydroxylation sites is 1. The molecule has 0 fully saturated rings. The monoisotopic (exact) mass is 415 g/mol. The van der Waals surface area contributed by atoms with Crippen molar-refractivity contribution < 1.29 is 19.1 Å². The summed E-state index contributed by atoms with van der Waals surface area (Å²) in [4.78, 5) is 27.3. The predicted octanol–water partition coefficient (Wildman–Crippen LogP) is 3.08. The van der Waals surface area contributed by atoms with E-state index in [0.29, 0.717) is 30.4 Å². The zero-order valence-electron chi connectivity index (χ0n) is 16.6. The molecule has 0 saturated heterocycles. The Kier molecular flexibility index (Phi) is 7.37. The van der Waals surface area contributed by atoms with Gasteiger partial charge in [0.2, 0.25) is 11.8 Å². The Morgan fingerprint density at radius 3 is 2.45 bits per heavy atom. The van der Waals surface area contributed by atoms with Crippen molar-refractivity contribution in [3.8, 4) is 11.5 Å². The number of nitrogens with zero attached hydrogens (tertiary/aromatic N) is 1. The van der Waals surface area contributed by atoms with E-state index >= 15 is 0 Å². The lowest BCUT2D eigenvalue weighted by atomic mass is 10.2. The molecule has 0 aliphatic carbocycles. The molecule has 0 saturated carbocycles. The van der Waals surface area contributed by atoms with Gasteiger partial charge in [-0.1, -0.05) is 12.1 Å². The predicted molar refractivity (Wildman–Crippen MR) is 115 cm³/mol. The van der Waals surface area contributed by atoms with Crippen LogP contribution in [0.15, 0.2) is 47.4 Å². The average molecular weight is 416 g/mol. The summed E-state index contributed by atoms with van der Waals surface area (Å²) in [6.07, 6.45) is 2.78. The summed E-state index contributed by atoms with van der Waals surface area (Å²) in [7, 11) is 1.73. The molecule has 0 aromatic heterocycles. The molecule has 2 aromatic carbocycles. The largest absolute Gasteiger partial charge is 0.490 e. The van der Waals surface area contributed by atoms with Gasteiger partial charge < -0.3 is 20.1 Å². The van der Waals surface area contributed by atoms with Crippen molar-refractivity contribution in [2.45, 2.75) is 11.3 Å². The van der Waals surface area contributed by atoms with Gasteiger partial charge in [-0.25, -0.2) is 0 Å². The highest BCUT2D eigenvalue weighted by Gasteiger charge is 2.14. The number of anilines is 2. The molecule has 7 nitrogen and oxygen atoms in total. The average Bonchev–Trinajstić information content (AvgIpc) is 2.93. The fourth-order valence-electron chi connectivity index (χ4n) is 2.93. The van der Waals surface area contributed by atoms with Crippen LogP contribution in [-0.2, 0) is 9.59 Å². The minimum absolute atomic E-state index is 0.0893. The third-order valence-electron chi connectivity index (χ3n) is 4.24. The molecule has 1 heterocycles. The van der Waals surface area contributed by atoms with E-state index in [1.54, 1.807) is 41.9 Å². The smallest absolute Gasteiger partial charge is 0.238 e. The van der Waals surface area contributed by atoms with Crippen molar-refractivity contribution in [2.24, 2.45) is 0 Å². The van der Waals surface area contributed by atoms with Crippen LogP contribution in [0, 0.1) is 0 Å². The number of carbonyl (C=O) groups excluding carboxylic acids is 2. The summed E-state index contributed by atoms with van der Waals surface area (Å²) in [5.74, 6) is 0.928. The van der Waals surface area contributed by atoms with Crippen molar-refractivity contribution in [2.75, 3.05) is 50.2 Å². The lowest BCUT2D eigenvalue weighted by Gasteiger charge is -2.17. The molecule has 0 spiro atoms. The van der Waals surface area contributed by atoms with Crippen LogP contribution in [0.5, 0.6) is 11.5 Å². The highest BCUT2D eigenvalue weighted by Crippen LogP contribution is 2.32. The second kappa shape index (κ2) is 10.2. The number of amides is 2. The van der Waals surface area contributed by atoms with Gasteiger partial charge >= 0.3 is 0 Å². The maximum Gasteiger partial charge on any atom is 0.238 e. The fourth-order valence-corrected chi connectivity index (χ4v) is 3.48. The number of hydrogen-bond donors (Lipinski definition) is 2. The van der Waals surface area contributed by atoms with E-state index in [4.69, 9.17) is 9.47 Å². The second-order valence-corrected chi connectivity index (χ2v) is 7.53. The SMILES string of the molecule is CSc1ccccc1NC(=O)CN(C)CC(=O)Nc1ccc2c(c1)OCCCO2. The van der Waals surface area contributed by atoms with Gasteiger partial charge in [0.25, 0.3) is 0 Å². The van der Waals surface area contributed by atoms with E-state index in [1.807, 2.05) is 30.5 Å². The number of fused-ring (bicyclic) bond motifs is 1. The summed E-state index contributed by atoms with van der Waals surface area (Å²) in [6.45, 7) is 1.40. The molecule has 2 N–H and O–H groups in total. The van der Waals surface area contributed by atoms with Crippen LogP contribution in [-0.4, -0.2) is 56.3 Å². The minimum atomic E-state index is -0.209. The maximum absolute atomic E-state index is 12.3. The topological polar surface area (TPSA) is 79.9 Å². The zero-order chi connectivity index (χ0) is 20.6. The minimum Gasteiger partial charge on any atom is -0.490 e. The molecule has 29 heavy (non-hydrogen) atoms. The van der Waals surface area contributed by atoms with E-state index in [1.165, 1.54) is 0 Å². The van der Waals surface area contributed by atoms with Crippen molar-refractivity contribution in [1.29, 1.82) is 0 Å². The zero-order valence-corrected chi connectivity index (χ0v) is 17.4. The Balaban J connectivity index is 1.50. The summed E-state index contributed by atoms with van der Waals surface area (Å²) in [5.41, 5.74) is 1.40. The Morgan fingerprint density at radius 1 is 1.00 bits per heavy atom. The van der Waals surface area contributed by atoms with Crippen molar-refractivity contribution in [3.05, 3.63) is 42.5 Å². The standard InChI is InChI=1S/C21H25N3O4S/c1-24(14-21(26)23-16-6-3-4-7-19(16)29-2)13-20(25)22-15-8-9-17-18(12-15)28-11-5-10-27-17/h3-4,6-9,12H,5,10-11,13-14H2,1-2H3,(H,22,25)(H,23,26). The van der Waals surface area contributed by atoms with Crippen LogP contribution in [0.3, 0.4) is 0 Å². The number of nitrogens with one attached hydrogen (secondary N) is 2. The van der Waals surface area contributed by atoms with E-state index in [2.05, 4.69) is 10.6 Å². The van der Waals surface area contributed by atoms with Gasteiger partial charge in [0.05, 0.1) is 32.0 Å².